The first-order valence-corrected chi connectivity index (χ1v) is 8.18. The normalized spacial score (nSPS) is 13.4. The molecule has 0 saturated carbocycles. The van der Waals surface area contributed by atoms with Gasteiger partial charge in [-0.3, -0.25) is 0 Å². The molecule has 1 aliphatic heterocycles. The molecule has 0 saturated heterocycles. The Labute approximate surface area is 147 Å². The zero-order chi connectivity index (χ0) is 17.8. The van der Waals surface area contributed by atoms with Crippen LogP contribution in [-0.4, -0.2) is 19.9 Å². The molecule has 132 valence electrons. The Kier molecular flexibility index (Phi) is 4.97. The van der Waals surface area contributed by atoms with Crippen LogP contribution in [-0.2, 0) is 0 Å². The van der Waals surface area contributed by atoms with E-state index in [1.165, 1.54) is 0 Å². The summed E-state index contributed by atoms with van der Waals surface area (Å²) in [6, 6.07) is 12.6. The van der Waals surface area contributed by atoms with E-state index in [-0.39, 0.29) is 24.8 Å². The standard InChI is InChI=1S/C19H22N2O4/c1-12(2)18(13-4-7-15(23-3)8-5-13)21-19(22)20-14-6-9-16-17(10-14)25-11-24-16/h4-10,12,18H,11H2,1-3H3,(H2,20,21,22). The first-order chi connectivity index (χ1) is 12.1. The second kappa shape index (κ2) is 7.34. The highest BCUT2D eigenvalue weighted by molar-refractivity contribution is 5.90. The minimum Gasteiger partial charge on any atom is -0.497 e. The third kappa shape index (κ3) is 3.96. The number of fused-ring (bicyclic) bond motifs is 1. The predicted octanol–water partition coefficient (Wildman–Crippen LogP) is 3.94. The van der Waals surface area contributed by atoms with Crippen molar-refractivity contribution in [2.45, 2.75) is 19.9 Å². The summed E-state index contributed by atoms with van der Waals surface area (Å²) >= 11 is 0. The molecule has 2 aromatic carbocycles. The average molecular weight is 342 g/mol. The summed E-state index contributed by atoms with van der Waals surface area (Å²) in [4.78, 5) is 12.4. The molecule has 25 heavy (non-hydrogen) atoms. The molecule has 0 aliphatic carbocycles. The summed E-state index contributed by atoms with van der Waals surface area (Å²) < 4.78 is 15.8. The quantitative estimate of drug-likeness (QED) is 0.863. The fourth-order valence-electron chi connectivity index (χ4n) is 2.73. The van der Waals surface area contributed by atoms with Crippen molar-refractivity contribution in [3.63, 3.8) is 0 Å². The number of methoxy groups -OCH3 is 1. The summed E-state index contributed by atoms with van der Waals surface area (Å²) in [6.45, 7) is 4.34. The van der Waals surface area contributed by atoms with Gasteiger partial charge in [-0.2, -0.15) is 0 Å². The molecule has 6 nitrogen and oxygen atoms in total. The van der Waals surface area contributed by atoms with Crippen LogP contribution >= 0.6 is 0 Å². The minimum absolute atomic E-state index is 0.111. The van der Waals surface area contributed by atoms with Crippen LogP contribution < -0.4 is 24.8 Å². The average Bonchev–Trinajstić information content (AvgIpc) is 3.07. The molecule has 1 heterocycles. The van der Waals surface area contributed by atoms with Crippen LogP contribution in [0.4, 0.5) is 10.5 Å². The lowest BCUT2D eigenvalue weighted by Gasteiger charge is -2.23. The summed E-state index contributed by atoms with van der Waals surface area (Å²) in [7, 11) is 1.63. The third-order valence-corrected chi connectivity index (χ3v) is 4.06. The Morgan fingerprint density at radius 2 is 1.80 bits per heavy atom. The number of ether oxygens (including phenoxy) is 3. The maximum atomic E-state index is 12.4. The molecule has 6 heteroatoms. The summed E-state index contributed by atoms with van der Waals surface area (Å²) in [6.07, 6.45) is 0. The highest BCUT2D eigenvalue weighted by Gasteiger charge is 2.19. The van der Waals surface area contributed by atoms with Crippen molar-refractivity contribution in [3.05, 3.63) is 48.0 Å². The van der Waals surface area contributed by atoms with Crippen LogP contribution in [0, 0.1) is 5.92 Å². The van der Waals surface area contributed by atoms with Crippen molar-refractivity contribution < 1.29 is 19.0 Å². The topological polar surface area (TPSA) is 68.8 Å². The number of carbonyl (C=O) groups is 1. The van der Waals surface area contributed by atoms with E-state index in [9.17, 15) is 4.79 Å². The van der Waals surface area contributed by atoms with Crippen LogP contribution in [0.2, 0.25) is 0 Å². The molecule has 1 aliphatic rings. The van der Waals surface area contributed by atoms with E-state index in [1.807, 2.05) is 24.3 Å². The fourth-order valence-corrected chi connectivity index (χ4v) is 2.73. The smallest absolute Gasteiger partial charge is 0.319 e. The Hall–Kier alpha value is -2.89. The Bertz CT molecular complexity index is 744. The molecule has 0 fully saturated rings. The van der Waals surface area contributed by atoms with Crippen molar-refractivity contribution in [2.24, 2.45) is 5.92 Å². The Balaban J connectivity index is 1.68. The fraction of sp³-hybridized carbons (Fsp3) is 0.316. The van der Waals surface area contributed by atoms with E-state index in [2.05, 4.69) is 24.5 Å². The highest BCUT2D eigenvalue weighted by atomic mass is 16.7. The number of carbonyl (C=O) groups excluding carboxylic acids is 1. The van der Waals surface area contributed by atoms with Gasteiger partial charge in [0.1, 0.15) is 5.75 Å². The first kappa shape index (κ1) is 17.0. The van der Waals surface area contributed by atoms with Crippen LogP contribution in [0.15, 0.2) is 42.5 Å². The van der Waals surface area contributed by atoms with Crippen LogP contribution in [0.3, 0.4) is 0 Å². The molecular formula is C19H22N2O4. The SMILES string of the molecule is COc1ccc(C(NC(=O)Nc2ccc3c(c2)OCO3)C(C)C)cc1. The number of benzene rings is 2. The van der Waals surface area contributed by atoms with Gasteiger partial charge in [-0.05, 0) is 35.7 Å². The lowest BCUT2D eigenvalue weighted by atomic mass is 9.96. The molecule has 1 unspecified atom stereocenters. The van der Waals surface area contributed by atoms with Crippen LogP contribution in [0.5, 0.6) is 17.2 Å². The third-order valence-electron chi connectivity index (χ3n) is 4.06. The van der Waals surface area contributed by atoms with Gasteiger partial charge in [0.25, 0.3) is 0 Å². The number of hydrogen-bond donors (Lipinski definition) is 2. The monoisotopic (exact) mass is 342 g/mol. The van der Waals surface area contributed by atoms with Crippen molar-refractivity contribution in [2.75, 3.05) is 19.2 Å². The molecule has 0 aromatic heterocycles. The second-order valence-corrected chi connectivity index (χ2v) is 6.16. The number of urea groups is 1. The molecule has 2 N–H and O–H groups in total. The van der Waals surface area contributed by atoms with E-state index in [0.717, 1.165) is 11.3 Å². The minimum atomic E-state index is -0.270. The molecule has 2 amide bonds. The maximum absolute atomic E-state index is 12.4. The molecule has 0 spiro atoms. The summed E-state index contributed by atoms with van der Waals surface area (Å²) in [5.74, 6) is 2.34. The molecule has 1 atom stereocenters. The van der Waals surface area contributed by atoms with E-state index >= 15 is 0 Å². The van der Waals surface area contributed by atoms with Gasteiger partial charge in [-0.15, -0.1) is 0 Å². The Morgan fingerprint density at radius 1 is 1.08 bits per heavy atom. The lowest BCUT2D eigenvalue weighted by Crippen LogP contribution is -2.35. The molecule has 0 radical (unpaired) electrons. The Morgan fingerprint density at radius 3 is 2.48 bits per heavy atom. The van der Waals surface area contributed by atoms with Crippen LogP contribution in [0.1, 0.15) is 25.5 Å². The number of anilines is 1. The largest absolute Gasteiger partial charge is 0.497 e. The first-order valence-electron chi connectivity index (χ1n) is 8.18. The van der Waals surface area contributed by atoms with Gasteiger partial charge in [0.15, 0.2) is 11.5 Å². The molecular weight excluding hydrogens is 320 g/mol. The summed E-state index contributed by atoms with van der Waals surface area (Å²) in [5, 5.41) is 5.86. The predicted molar refractivity (Wildman–Crippen MR) is 95.3 cm³/mol. The van der Waals surface area contributed by atoms with Crippen molar-refractivity contribution in [3.8, 4) is 17.2 Å². The molecule has 2 aromatic rings. The number of amides is 2. The van der Waals surface area contributed by atoms with Crippen molar-refractivity contribution in [1.29, 1.82) is 0 Å². The molecule has 0 bridgehead atoms. The van der Waals surface area contributed by atoms with E-state index in [4.69, 9.17) is 14.2 Å². The zero-order valence-electron chi connectivity index (χ0n) is 14.5. The van der Waals surface area contributed by atoms with E-state index < -0.39 is 0 Å². The van der Waals surface area contributed by atoms with Gasteiger partial charge < -0.3 is 24.8 Å². The highest BCUT2D eigenvalue weighted by Crippen LogP contribution is 2.34. The van der Waals surface area contributed by atoms with Crippen LogP contribution in [0.25, 0.3) is 0 Å². The second-order valence-electron chi connectivity index (χ2n) is 6.16. The van der Waals surface area contributed by atoms with Gasteiger partial charge in [-0.1, -0.05) is 26.0 Å². The molecule has 3 rings (SSSR count). The van der Waals surface area contributed by atoms with Gasteiger partial charge in [0, 0.05) is 11.8 Å². The van der Waals surface area contributed by atoms with E-state index in [1.54, 1.807) is 25.3 Å². The number of hydrogen-bond acceptors (Lipinski definition) is 4. The van der Waals surface area contributed by atoms with Crippen molar-refractivity contribution in [1.82, 2.24) is 5.32 Å². The van der Waals surface area contributed by atoms with Gasteiger partial charge in [0.2, 0.25) is 6.79 Å². The number of rotatable bonds is 5. The maximum Gasteiger partial charge on any atom is 0.319 e. The van der Waals surface area contributed by atoms with Crippen molar-refractivity contribution >= 4 is 11.7 Å². The van der Waals surface area contributed by atoms with E-state index in [0.29, 0.717) is 17.2 Å². The van der Waals surface area contributed by atoms with Gasteiger partial charge >= 0.3 is 6.03 Å². The van der Waals surface area contributed by atoms with Gasteiger partial charge in [0.05, 0.1) is 13.2 Å². The number of nitrogens with one attached hydrogen (secondary N) is 2. The van der Waals surface area contributed by atoms with Gasteiger partial charge in [-0.25, -0.2) is 4.79 Å². The zero-order valence-corrected chi connectivity index (χ0v) is 14.5. The summed E-state index contributed by atoms with van der Waals surface area (Å²) in [5.41, 5.74) is 1.68. The lowest BCUT2D eigenvalue weighted by molar-refractivity contribution is 0.174.